The maximum Gasteiger partial charge on any atom is 0.0553 e. The average Bonchev–Trinajstić information content (AvgIpc) is 3.04. The third kappa shape index (κ3) is 2.70. The van der Waals surface area contributed by atoms with Crippen molar-refractivity contribution >= 4 is 16.6 Å². The van der Waals surface area contributed by atoms with Crippen molar-refractivity contribution in [3.63, 3.8) is 0 Å². The third-order valence-corrected chi connectivity index (χ3v) is 4.41. The van der Waals surface area contributed by atoms with Crippen LogP contribution in [0.1, 0.15) is 5.56 Å². The fourth-order valence-corrected chi connectivity index (χ4v) is 3.16. The standard InChI is InChI=1S/C18H20N4/c1-2-17(13-19-6-1)22-10-8-21(9-11-22)14-15-3-4-16-5-7-20-18(16)12-15/h1-7,12-13,20H,8-11,14H2. The van der Waals surface area contributed by atoms with Crippen LogP contribution in [0.5, 0.6) is 0 Å². The maximum absolute atomic E-state index is 4.21. The van der Waals surface area contributed by atoms with Crippen molar-refractivity contribution in [1.82, 2.24) is 14.9 Å². The van der Waals surface area contributed by atoms with E-state index in [2.05, 4.69) is 50.1 Å². The zero-order chi connectivity index (χ0) is 14.8. The summed E-state index contributed by atoms with van der Waals surface area (Å²) in [6, 6.07) is 13.0. The Morgan fingerprint density at radius 1 is 1.05 bits per heavy atom. The summed E-state index contributed by atoms with van der Waals surface area (Å²) in [6.45, 7) is 5.35. The Kier molecular flexibility index (Phi) is 3.52. The summed E-state index contributed by atoms with van der Waals surface area (Å²) in [4.78, 5) is 12.4. The Morgan fingerprint density at radius 2 is 1.95 bits per heavy atom. The van der Waals surface area contributed by atoms with Crippen LogP contribution in [0.25, 0.3) is 10.9 Å². The third-order valence-electron chi connectivity index (χ3n) is 4.41. The predicted molar refractivity (Wildman–Crippen MR) is 90.0 cm³/mol. The van der Waals surface area contributed by atoms with E-state index in [1.807, 2.05) is 24.7 Å². The van der Waals surface area contributed by atoms with Gasteiger partial charge in [-0.15, -0.1) is 0 Å². The van der Waals surface area contributed by atoms with Crippen LogP contribution in [0.2, 0.25) is 0 Å². The molecular weight excluding hydrogens is 272 g/mol. The lowest BCUT2D eigenvalue weighted by atomic mass is 10.1. The van der Waals surface area contributed by atoms with E-state index < -0.39 is 0 Å². The minimum Gasteiger partial charge on any atom is -0.368 e. The lowest BCUT2D eigenvalue weighted by Crippen LogP contribution is -2.46. The number of pyridine rings is 1. The molecule has 0 amide bonds. The Bertz CT molecular complexity index is 742. The molecule has 1 saturated heterocycles. The Labute approximate surface area is 130 Å². The summed E-state index contributed by atoms with van der Waals surface area (Å²) < 4.78 is 0. The molecule has 1 aromatic carbocycles. The largest absolute Gasteiger partial charge is 0.368 e. The highest BCUT2D eigenvalue weighted by molar-refractivity contribution is 5.79. The number of H-pyrrole nitrogens is 1. The topological polar surface area (TPSA) is 35.2 Å². The summed E-state index contributed by atoms with van der Waals surface area (Å²) in [5, 5.41) is 1.28. The monoisotopic (exact) mass is 292 g/mol. The molecule has 4 nitrogen and oxygen atoms in total. The van der Waals surface area contributed by atoms with Crippen molar-refractivity contribution in [2.24, 2.45) is 0 Å². The molecule has 2 aromatic heterocycles. The zero-order valence-corrected chi connectivity index (χ0v) is 12.6. The van der Waals surface area contributed by atoms with Crippen LogP contribution in [0, 0.1) is 0 Å². The number of aromatic amines is 1. The summed E-state index contributed by atoms with van der Waals surface area (Å²) in [5.41, 5.74) is 3.84. The van der Waals surface area contributed by atoms with Crippen LogP contribution >= 0.6 is 0 Å². The second-order valence-electron chi connectivity index (χ2n) is 5.87. The minimum atomic E-state index is 1.02. The first-order valence-electron chi connectivity index (χ1n) is 7.82. The van der Waals surface area contributed by atoms with Gasteiger partial charge in [0.2, 0.25) is 0 Å². The van der Waals surface area contributed by atoms with E-state index >= 15 is 0 Å². The van der Waals surface area contributed by atoms with Crippen molar-refractivity contribution in [3.05, 3.63) is 60.6 Å². The highest BCUT2D eigenvalue weighted by atomic mass is 15.3. The van der Waals surface area contributed by atoms with Gasteiger partial charge >= 0.3 is 0 Å². The highest BCUT2D eigenvalue weighted by Gasteiger charge is 2.17. The number of fused-ring (bicyclic) bond motifs is 1. The number of benzene rings is 1. The second-order valence-corrected chi connectivity index (χ2v) is 5.87. The summed E-state index contributed by atoms with van der Waals surface area (Å²) >= 11 is 0. The van der Waals surface area contributed by atoms with Gasteiger partial charge in [0, 0.05) is 50.6 Å². The molecule has 0 atom stereocenters. The van der Waals surface area contributed by atoms with E-state index in [1.165, 1.54) is 22.2 Å². The summed E-state index contributed by atoms with van der Waals surface area (Å²) in [7, 11) is 0. The first kappa shape index (κ1) is 13.3. The average molecular weight is 292 g/mol. The molecule has 4 heteroatoms. The molecule has 0 saturated carbocycles. The van der Waals surface area contributed by atoms with Crippen LogP contribution in [-0.2, 0) is 6.54 Å². The fourth-order valence-electron chi connectivity index (χ4n) is 3.16. The van der Waals surface area contributed by atoms with E-state index in [0.717, 1.165) is 32.7 Å². The van der Waals surface area contributed by atoms with Gasteiger partial charge in [0.05, 0.1) is 11.9 Å². The predicted octanol–water partition coefficient (Wildman–Crippen LogP) is 2.89. The lowest BCUT2D eigenvalue weighted by Gasteiger charge is -2.35. The van der Waals surface area contributed by atoms with Gasteiger partial charge in [0.15, 0.2) is 0 Å². The van der Waals surface area contributed by atoms with E-state index in [1.54, 1.807) is 0 Å². The van der Waals surface area contributed by atoms with E-state index in [-0.39, 0.29) is 0 Å². The lowest BCUT2D eigenvalue weighted by molar-refractivity contribution is 0.250. The van der Waals surface area contributed by atoms with Gasteiger partial charge < -0.3 is 9.88 Å². The number of aromatic nitrogens is 2. The van der Waals surface area contributed by atoms with Gasteiger partial charge in [-0.25, -0.2) is 0 Å². The zero-order valence-electron chi connectivity index (χ0n) is 12.6. The Balaban J connectivity index is 1.39. The van der Waals surface area contributed by atoms with E-state index in [9.17, 15) is 0 Å². The number of hydrogen-bond acceptors (Lipinski definition) is 3. The van der Waals surface area contributed by atoms with Gasteiger partial charge in [-0.3, -0.25) is 9.88 Å². The molecule has 0 aliphatic carbocycles. The first-order chi connectivity index (χ1) is 10.9. The van der Waals surface area contributed by atoms with Crippen LogP contribution < -0.4 is 4.90 Å². The minimum absolute atomic E-state index is 1.02. The molecule has 3 aromatic rings. The Morgan fingerprint density at radius 3 is 2.77 bits per heavy atom. The summed E-state index contributed by atoms with van der Waals surface area (Å²) in [6.07, 6.45) is 5.78. The van der Waals surface area contributed by atoms with Crippen molar-refractivity contribution in [2.75, 3.05) is 31.1 Å². The van der Waals surface area contributed by atoms with Gasteiger partial charge in [-0.2, -0.15) is 0 Å². The molecule has 0 spiro atoms. The molecule has 1 N–H and O–H groups in total. The molecule has 112 valence electrons. The smallest absolute Gasteiger partial charge is 0.0553 e. The number of rotatable bonds is 3. The quantitative estimate of drug-likeness (QED) is 0.806. The van der Waals surface area contributed by atoms with Crippen LogP contribution in [0.15, 0.2) is 55.0 Å². The first-order valence-corrected chi connectivity index (χ1v) is 7.82. The molecular formula is C18H20N4. The van der Waals surface area contributed by atoms with E-state index in [0.29, 0.717) is 0 Å². The fraction of sp³-hybridized carbons (Fsp3) is 0.278. The molecule has 22 heavy (non-hydrogen) atoms. The van der Waals surface area contributed by atoms with Crippen molar-refractivity contribution in [3.8, 4) is 0 Å². The number of anilines is 1. The summed E-state index contributed by atoms with van der Waals surface area (Å²) in [5.74, 6) is 0. The Hall–Kier alpha value is -2.33. The van der Waals surface area contributed by atoms with Crippen LogP contribution in [-0.4, -0.2) is 41.0 Å². The normalized spacial score (nSPS) is 16.3. The molecule has 1 aliphatic rings. The molecule has 3 heterocycles. The molecule has 4 rings (SSSR count). The van der Waals surface area contributed by atoms with Crippen molar-refractivity contribution in [1.29, 1.82) is 0 Å². The number of nitrogens with one attached hydrogen (secondary N) is 1. The highest BCUT2D eigenvalue weighted by Crippen LogP contribution is 2.18. The van der Waals surface area contributed by atoms with Crippen LogP contribution in [0.3, 0.4) is 0 Å². The molecule has 0 bridgehead atoms. The van der Waals surface area contributed by atoms with Gasteiger partial charge in [0.1, 0.15) is 0 Å². The van der Waals surface area contributed by atoms with Gasteiger partial charge in [-0.05, 0) is 35.2 Å². The molecule has 0 radical (unpaired) electrons. The van der Waals surface area contributed by atoms with E-state index in [4.69, 9.17) is 0 Å². The number of nitrogens with zero attached hydrogens (tertiary/aromatic N) is 3. The molecule has 1 fully saturated rings. The molecule has 1 aliphatic heterocycles. The van der Waals surface area contributed by atoms with Crippen molar-refractivity contribution < 1.29 is 0 Å². The SMILES string of the molecule is c1cncc(N2CCN(Cc3ccc4cc[nH]c4c3)CC2)c1. The maximum atomic E-state index is 4.21. The van der Waals surface area contributed by atoms with Gasteiger partial charge in [0.25, 0.3) is 0 Å². The van der Waals surface area contributed by atoms with Gasteiger partial charge in [-0.1, -0.05) is 12.1 Å². The number of hydrogen-bond donors (Lipinski definition) is 1. The second kappa shape index (κ2) is 5.81. The van der Waals surface area contributed by atoms with Crippen molar-refractivity contribution in [2.45, 2.75) is 6.54 Å². The molecule has 0 unspecified atom stereocenters. The number of piperazine rings is 1. The van der Waals surface area contributed by atoms with Crippen LogP contribution in [0.4, 0.5) is 5.69 Å².